The number of azo groups is 1. The Balaban J connectivity index is 0.00000392. The van der Waals surface area contributed by atoms with Crippen LogP contribution < -0.4 is 34.3 Å². The molecule has 0 aromatic heterocycles. The third-order valence-corrected chi connectivity index (χ3v) is 4.86. The normalized spacial score (nSPS) is 11.4. The second kappa shape index (κ2) is 13.1. The molecule has 0 saturated heterocycles. The Kier molecular flexibility index (Phi) is 11.6. The zero-order valence-electron chi connectivity index (χ0n) is 16.5. The summed E-state index contributed by atoms with van der Waals surface area (Å²) in [4.78, 5) is -0.284. The number of rotatable bonds is 11. The summed E-state index contributed by atoms with van der Waals surface area (Å²) in [6.07, 6.45) is 7.37. The monoisotopic (exact) mass is 412 g/mol. The van der Waals surface area contributed by atoms with Gasteiger partial charge in [0.2, 0.25) is 0 Å². The van der Waals surface area contributed by atoms with Crippen LogP contribution in [0.15, 0.2) is 63.7 Å². The second-order valence-electron chi connectivity index (χ2n) is 6.26. The van der Waals surface area contributed by atoms with Crippen molar-refractivity contribution in [2.75, 3.05) is 6.61 Å². The zero-order chi connectivity index (χ0) is 19.5. The van der Waals surface area contributed by atoms with Gasteiger partial charge < -0.3 is 9.29 Å². The third kappa shape index (κ3) is 9.30. The average Bonchev–Trinajstić information content (AvgIpc) is 2.66. The van der Waals surface area contributed by atoms with Crippen molar-refractivity contribution >= 4 is 21.5 Å². The van der Waals surface area contributed by atoms with Crippen molar-refractivity contribution in [1.29, 1.82) is 0 Å². The minimum Gasteiger partial charge on any atom is -0.744 e. The van der Waals surface area contributed by atoms with Crippen molar-refractivity contribution in [3.8, 4) is 5.75 Å². The van der Waals surface area contributed by atoms with Gasteiger partial charge in [0.15, 0.2) is 0 Å². The van der Waals surface area contributed by atoms with Gasteiger partial charge in [0.05, 0.1) is 22.9 Å². The van der Waals surface area contributed by atoms with Gasteiger partial charge in [0.1, 0.15) is 15.9 Å². The molecule has 0 spiro atoms. The topological polar surface area (TPSA) is 91.2 Å². The van der Waals surface area contributed by atoms with Gasteiger partial charge in [-0.05, 0) is 55.0 Å². The van der Waals surface area contributed by atoms with Crippen molar-refractivity contribution in [3.63, 3.8) is 0 Å². The summed E-state index contributed by atoms with van der Waals surface area (Å²) in [5, 5.41) is 8.12. The summed E-state index contributed by atoms with van der Waals surface area (Å²) in [6.45, 7) is 2.92. The van der Waals surface area contributed by atoms with Gasteiger partial charge in [-0.15, -0.1) is 0 Å². The fourth-order valence-electron chi connectivity index (χ4n) is 2.48. The van der Waals surface area contributed by atoms with Gasteiger partial charge in [0, 0.05) is 0 Å². The first-order valence-corrected chi connectivity index (χ1v) is 10.6. The Hall–Kier alpha value is -1.25. The quantitative estimate of drug-likeness (QED) is 0.246. The predicted octanol–water partition coefficient (Wildman–Crippen LogP) is 2.75. The zero-order valence-corrected chi connectivity index (χ0v) is 19.3. The summed E-state index contributed by atoms with van der Waals surface area (Å²) in [6, 6.07) is 12.6. The first-order valence-electron chi connectivity index (χ1n) is 9.19. The molecular formula is C20H25N2NaO4S. The predicted molar refractivity (Wildman–Crippen MR) is 104 cm³/mol. The molecule has 2 rings (SSSR count). The Bertz CT molecular complexity index is 822. The maximum Gasteiger partial charge on any atom is 1.00 e. The number of ether oxygens (including phenoxy) is 1. The molecule has 0 aliphatic heterocycles. The molecule has 6 nitrogen and oxygen atoms in total. The van der Waals surface area contributed by atoms with Crippen LogP contribution in [0, 0.1) is 0 Å². The Morgan fingerprint density at radius 2 is 1.32 bits per heavy atom. The van der Waals surface area contributed by atoms with Gasteiger partial charge in [0.25, 0.3) is 0 Å². The first-order chi connectivity index (χ1) is 13.0. The van der Waals surface area contributed by atoms with E-state index in [9.17, 15) is 13.0 Å². The summed E-state index contributed by atoms with van der Waals surface area (Å²) in [5.74, 6) is 0.799. The van der Waals surface area contributed by atoms with Crippen LogP contribution in [0.2, 0.25) is 0 Å². The largest absolute Gasteiger partial charge is 1.00 e. The van der Waals surface area contributed by atoms with Crippen molar-refractivity contribution in [2.45, 2.75) is 50.3 Å². The molecule has 0 amide bonds. The molecule has 0 unspecified atom stereocenters. The van der Waals surface area contributed by atoms with Crippen LogP contribution in [0.5, 0.6) is 5.75 Å². The van der Waals surface area contributed by atoms with E-state index in [1.54, 1.807) is 12.1 Å². The van der Waals surface area contributed by atoms with Crippen molar-refractivity contribution in [3.05, 3.63) is 48.5 Å². The first kappa shape index (κ1) is 24.8. The Labute approximate surface area is 189 Å². The van der Waals surface area contributed by atoms with E-state index in [1.165, 1.54) is 56.4 Å². The molecule has 0 fully saturated rings. The van der Waals surface area contributed by atoms with Gasteiger partial charge in [-0.2, -0.15) is 10.2 Å². The molecule has 0 aliphatic rings. The van der Waals surface area contributed by atoms with Crippen molar-refractivity contribution in [2.24, 2.45) is 10.2 Å². The van der Waals surface area contributed by atoms with E-state index in [4.69, 9.17) is 4.74 Å². The van der Waals surface area contributed by atoms with Gasteiger partial charge in [-0.25, -0.2) is 8.42 Å². The van der Waals surface area contributed by atoms with E-state index in [-0.39, 0.29) is 34.5 Å². The molecule has 28 heavy (non-hydrogen) atoms. The summed E-state index contributed by atoms with van der Waals surface area (Å²) in [5.41, 5.74) is 1.12. The van der Waals surface area contributed by atoms with E-state index in [1.807, 2.05) is 12.1 Å². The fraction of sp³-hybridized carbons (Fsp3) is 0.400. The minimum absolute atomic E-state index is 0. The molecule has 0 atom stereocenters. The van der Waals surface area contributed by atoms with Crippen LogP contribution in [0.1, 0.15) is 45.4 Å². The van der Waals surface area contributed by atoms with Crippen LogP contribution in [0.3, 0.4) is 0 Å². The molecule has 0 N–H and O–H groups in total. The molecule has 0 saturated carbocycles. The van der Waals surface area contributed by atoms with E-state index < -0.39 is 10.1 Å². The molecule has 2 aromatic rings. The second-order valence-corrected chi connectivity index (χ2v) is 7.64. The van der Waals surface area contributed by atoms with Gasteiger partial charge in [-0.3, -0.25) is 0 Å². The van der Waals surface area contributed by atoms with Crippen molar-refractivity contribution < 1.29 is 47.3 Å². The number of benzene rings is 2. The molecule has 8 heteroatoms. The minimum atomic E-state index is -4.44. The molecule has 146 valence electrons. The molecule has 0 aliphatic carbocycles. The summed E-state index contributed by atoms with van der Waals surface area (Å²) < 4.78 is 38.4. The van der Waals surface area contributed by atoms with Crippen LogP contribution in [-0.4, -0.2) is 19.6 Å². The molecule has 0 radical (unpaired) electrons. The maximum absolute atomic E-state index is 10.9. The van der Waals surface area contributed by atoms with E-state index in [0.29, 0.717) is 18.0 Å². The van der Waals surface area contributed by atoms with Gasteiger partial charge in [-0.1, -0.05) is 39.0 Å². The summed E-state index contributed by atoms with van der Waals surface area (Å²) in [7, 11) is -4.44. The molecular weight excluding hydrogens is 387 g/mol. The van der Waals surface area contributed by atoms with E-state index in [0.717, 1.165) is 12.2 Å². The molecule has 2 aromatic carbocycles. The molecule has 0 heterocycles. The number of hydrogen-bond donors (Lipinski definition) is 0. The maximum atomic E-state index is 10.9. The van der Waals surface area contributed by atoms with E-state index in [2.05, 4.69) is 17.2 Å². The smallest absolute Gasteiger partial charge is 0.744 e. The number of nitrogens with zero attached hydrogens (tertiary/aromatic N) is 2. The SMILES string of the molecule is CCCCCCCCOc1ccc(N=Nc2ccc(S(=O)(=O)[O-])cc2)cc1.[Na+]. The Morgan fingerprint density at radius 1 is 0.821 bits per heavy atom. The van der Waals surface area contributed by atoms with E-state index >= 15 is 0 Å². The van der Waals surface area contributed by atoms with Crippen LogP contribution in [0.25, 0.3) is 0 Å². The number of hydrogen-bond acceptors (Lipinski definition) is 6. The third-order valence-electron chi connectivity index (χ3n) is 4.01. The summed E-state index contributed by atoms with van der Waals surface area (Å²) >= 11 is 0. The van der Waals surface area contributed by atoms with Crippen LogP contribution in [-0.2, 0) is 10.1 Å². The van der Waals surface area contributed by atoms with Crippen molar-refractivity contribution in [1.82, 2.24) is 0 Å². The van der Waals surface area contributed by atoms with Crippen LogP contribution >= 0.6 is 0 Å². The molecule has 0 bridgehead atoms. The fourth-order valence-corrected chi connectivity index (χ4v) is 2.95. The number of unbranched alkanes of at least 4 members (excludes halogenated alkanes) is 5. The standard InChI is InChI=1S/C20H26N2O4S.Na/c1-2-3-4-5-6-7-16-26-19-12-8-17(9-13-19)21-22-18-10-14-20(15-11-18)27(23,24)25;/h8-15H,2-7,16H2,1H3,(H,23,24,25);/q;+1/p-1. The van der Waals surface area contributed by atoms with Crippen LogP contribution in [0.4, 0.5) is 11.4 Å². The average molecular weight is 412 g/mol. The Morgan fingerprint density at radius 3 is 1.86 bits per heavy atom. The van der Waals surface area contributed by atoms with Gasteiger partial charge >= 0.3 is 29.6 Å².